The van der Waals surface area contributed by atoms with E-state index in [2.05, 4.69) is 46.4 Å². The van der Waals surface area contributed by atoms with Gasteiger partial charge in [0.05, 0.1) is 11.8 Å². The fourth-order valence-electron chi connectivity index (χ4n) is 2.50. The second-order valence-electron chi connectivity index (χ2n) is 5.20. The van der Waals surface area contributed by atoms with Crippen molar-refractivity contribution in [3.63, 3.8) is 0 Å². The number of ether oxygens (including phenoxy) is 1. The molecule has 1 aliphatic rings. The van der Waals surface area contributed by atoms with Crippen molar-refractivity contribution >= 4 is 5.82 Å². The minimum absolute atomic E-state index is 0.418. The van der Waals surface area contributed by atoms with E-state index in [1.165, 1.54) is 0 Å². The lowest BCUT2D eigenvalue weighted by atomic mass is 10.1. The third-order valence-corrected chi connectivity index (χ3v) is 3.61. The normalized spacial score (nSPS) is 16.6. The Morgan fingerprint density at radius 3 is 2.65 bits per heavy atom. The van der Waals surface area contributed by atoms with Gasteiger partial charge in [-0.25, -0.2) is 0 Å². The number of aromatic nitrogens is 2. The Morgan fingerprint density at radius 1 is 1.25 bits per heavy atom. The average molecular weight is 278 g/mol. The van der Waals surface area contributed by atoms with Crippen molar-refractivity contribution in [3.8, 4) is 0 Å². The molecule has 0 bridgehead atoms. The van der Waals surface area contributed by atoms with Gasteiger partial charge in [-0.2, -0.15) is 5.10 Å². The van der Waals surface area contributed by atoms with Gasteiger partial charge in [0.15, 0.2) is 5.82 Å². The van der Waals surface area contributed by atoms with Gasteiger partial charge >= 0.3 is 0 Å². The Balaban J connectivity index is 1.81. The van der Waals surface area contributed by atoms with Crippen molar-refractivity contribution in [2.45, 2.75) is 45.8 Å². The van der Waals surface area contributed by atoms with E-state index in [9.17, 15) is 0 Å². The van der Waals surface area contributed by atoms with E-state index < -0.39 is 0 Å². The van der Waals surface area contributed by atoms with Gasteiger partial charge < -0.3 is 15.0 Å². The summed E-state index contributed by atoms with van der Waals surface area (Å²) in [7, 11) is 0. The summed E-state index contributed by atoms with van der Waals surface area (Å²) in [5.41, 5.74) is 1.01. The van der Waals surface area contributed by atoms with Crippen LogP contribution in [0.3, 0.4) is 0 Å². The quantitative estimate of drug-likeness (QED) is 0.773. The molecule has 5 nitrogen and oxygen atoms in total. The second kappa shape index (κ2) is 8.17. The zero-order valence-corrected chi connectivity index (χ0v) is 12.6. The molecule has 1 fully saturated rings. The molecule has 0 saturated carbocycles. The third kappa shape index (κ3) is 4.42. The fraction of sp³-hybridized carbons (Fsp3) is 0.733. The first-order chi connectivity index (χ1) is 9.83. The standard InChI is InChI=1S/C15H26N4O/c1-3-9-16-12-13-5-6-15(18-17-13)19-10-7-14(8-11-19)20-4-2/h5-6,14,16H,3-4,7-12H2,1-2H3. The van der Waals surface area contributed by atoms with Crippen molar-refractivity contribution in [3.05, 3.63) is 17.8 Å². The fourth-order valence-corrected chi connectivity index (χ4v) is 2.50. The molecular weight excluding hydrogens is 252 g/mol. The maximum absolute atomic E-state index is 5.67. The summed E-state index contributed by atoms with van der Waals surface area (Å²) in [5.74, 6) is 0.985. The molecule has 0 aliphatic carbocycles. The number of rotatable bonds is 7. The molecule has 0 radical (unpaired) electrons. The minimum Gasteiger partial charge on any atom is -0.378 e. The molecule has 1 saturated heterocycles. The van der Waals surface area contributed by atoms with E-state index >= 15 is 0 Å². The highest BCUT2D eigenvalue weighted by molar-refractivity contribution is 5.37. The molecular formula is C15H26N4O. The number of nitrogens with zero attached hydrogens (tertiary/aromatic N) is 3. The summed E-state index contributed by atoms with van der Waals surface area (Å²) in [4.78, 5) is 2.30. The molecule has 1 aliphatic heterocycles. The molecule has 1 N–H and O–H groups in total. The van der Waals surface area contributed by atoms with Crippen LogP contribution in [-0.4, -0.2) is 42.5 Å². The number of hydrogen-bond acceptors (Lipinski definition) is 5. The molecule has 1 aromatic heterocycles. The molecule has 1 aromatic rings. The monoisotopic (exact) mass is 278 g/mol. The van der Waals surface area contributed by atoms with Gasteiger partial charge in [0.2, 0.25) is 0 Å². The van der Waals surface area contributed by atoms with Gasteiger partial charge in [0.25, 0.3) is 0 Å². The van der Waals surface area contributed by atoms with Gasteiger partial charge in [-0.15, -0.1) is 5.10 Å². The highest BCUT2D eigenvalue weighted by atomic mass is 16.5. The van der Waals surface area contributed by atoms with Crippen LogP contribution in [0.2, 0.25) is 0 Å². The van der Waals surface area contributed by atoms with Gasteiger partial charge in [-0.1, -0.05) is 6.92 Å². The summed E-state index contributed by atoms with van der Waals surface area (Å²) in [6, 6.07) is 4.15. The molecule has 20 heavy (non-hydrogen) atoms. The van der Waals surface area contributed by atoms with Crippen LogP contribution >= 0.6 is 0 Å². The maximum atomic E-state index is 5.67. The molecule has 5 heteroatoms. The first-order valence-corrected chi connectivity index (χ1v) is 7.73. The van der Waals surface area contributed by atoms with E-state index in [0.717, 1.165) is 63.6 Å². The topological polar surface area (TPSA) is 50.3 Å². The Bertz CT molecular complexity index is 374. The van der Waals surface area contributed by atoms with E-state index in [1.54, 1.807) is 0 Å². The van der Waals surface area contributed by atoms with Crippen LogP contribution in [0.15, 0.2) is 12.1 Å². The lowest BCUT2D eigenvalue weighted by Crippen LogP contribution is -2.37. The van der Waals surface area contributed by atoms with Crippen molar-refractivity contribution in [1.82, 2.24) is 15.5 Å². The molecule has 0 unspecified atom stereocenters. The number of hydrogen-bond donors (Lipinski definition) is 1. The summed E-state index contributed by atoms with van der Waals surface area (Å²) in [6.07, 6.45) is 3.71. The predicted molar refractivity (Wildman–Crippen MR) is 80.9 cm³/mol. The summed E-state index contributed by atoms with van der Waals surface area (Å²) < 4.78 is 5.67. The molecule has 2 rings (SSSR count). The van der Waals surface area contributed by atoms with Crippen LogP contribution in [0.1, 0.15) is 38.8 Å². The van der Waals surface area contributed by atoms with Crippen molar-refractivity contribution in [2.24, 2.45) is 0 Å². The smallest absolute Gasteiger partial charge is 0.151 e. The van der Waals surface area contributed by atoms with Crippen LogP contribution in [0.4, 0.5) is 5.82 Å². The largest absolute Gasteiger partial charge is 0.378 e. The SMILES string of the molecule is CCCNCc1ccc(N2CCC(OCC)CC2)nn1. The van der Waals surface area contributed by atoms with Crippen LogP contribution in [0.25, 0.3) is 0 Å². The Morgan fingerprint density at radius 2 is 2.05 bits per heavy atom. The van der Waals surface area contributed by atoms with Crippen molar-refractivity contribution < 1.29 is 4.74 Å². The van der Waals surface area contributed by atoms with E-state index in [4.69, 9.17) is 4.74 Å². The molecule has 0 aromatic carbocycles. The zero-order valence-electron chi connectivity index (χ0n) is 12.6. The Hall–Kier alpha value is -1.20. The summed E-state index contributed by atoms with van der Waals surface area (Å²) in [6.45, 7) is 8.86. The Labute approximate surface area is 121 Å². The first-order valence-electron chi connectivity index (χ1n) is 7.73. The maximum Gasteiger partial charge on any atom is 0.151 e. The van der Waals surface area contributed by atoms with Gasteiger partial charge in [0.1, 0.15) is 0 Å². The lowest BCUT2D eigenvalue weighted by Gasteiger charge is -2.32. The Kier molecular flexibility index (Phi) is 6.21. The summed E-state index contributed by atoms with van der Waals surface area (Å²) >= 11 is 0. The van der Waals surface area contributed by atoms with Crippen molar-refractivity contribution in [2.75, 3.05) is 31.1 Å². The van der Waals surface area contributed by atoms with Crippen LogP contribution in [-0.2, 0) is 11.3 Å². The van der Waals surface area contributed by atoms with Crippen LogP contribution in [0, 0.1) is 0 Å². The molecule has 0 atom stereocenters. The predicted octanol–water partition coefficient (Wildman–Crippen LogP) is 1.98. The molecule has 0 spiro atoms. The van der Waals surface area contributed by atoms with Crippen LogP contribution < -0.4 is 10.2 Å². The molecule has 2 heterocycles. The first kappa shape index (κ1) is 15.2. The minimum atomic E-state index is 0.418. The number of anilines is 1. The molecule has 112 valence electrons. The lowest BCUT2D eigenvalue weighted by molar-refractivity contribution is 0.0458. The molecule has 0 amide bonds. The van der Waals surface area contributed by atoms with Gasteiger partial charge in [-0.05, 0) is 44.9 Å². The number of piperidine rings is 1. The average Bonchev–Trinajstić information content (AvgIpc) is 2.49. The highest BCUT2D eigenvalue weighted by Gasteiger charge is 2.20. The summed E-state index contributed by atoms with van der Waals surface area (Å²) in [5, 5.41) is 12.0. The van der Waals surface area contributed by atoms with Crippen molar-refractivity contribution in [1.29, 1.82) is 0 Å². The van der Waals surface area contributed by atoms with Gasteiger partial charge in [0, 0.05) is 26.2 Å². The van der Waals surface area contributed by atoms with Gasteiger partial charge in [-0.3, -0.25) is 0 Å². The third-order valence-electron chi connectivity index (χ3n) is 3.61. The van der Waals surface area contributed by atoms with E-state index in [1.807, 2.05) is 0 Å². The zero-order chi connectivity index (χ0) is 14.2. The second-order valence-corrected chi connectivity index (χ2v) is 5.20. The van der Waals surface area contributed by atoms with E-state index in [-0.39, 0.29) is 0 Å². The number of nitrogens with one attached hydrogen (secondary N) is 1. The van der Waals surface area contributed by atoms with E-state index in [0.29, 0.717) is 6.10 Å². The highest BCUT2D eigenvalue weighted by Crippen LogP contribution is 2.19. The van der Waals surface area contributed by atoms with Crippen LogP contribution in [0.5, 0.6) is 0 Å².